The summed E-state index contributed by atoms with van der Waals surface area (Å²) in [6.07, 6.45) is 6.68. The molecule has 4 aromatic rings. The zero-order valence-electron chi connectivity index (χ0n) is 17.0. The molecule has 0 aliphatic heterocycles. The molecule has 0 spiro atoms. The zero-order chi connectivity index (χ0) is 22.5. The summed E-state index contributed by atoms with van der Waals surface area (Å²) in [6, 6.07) is 10.8. The van der Waals surface area contributed by atoms with Crippen molar-refractivity contribution >= 4 is 35.0 Å². The number of aromatic nitrogens is 5. The number of anilines is 2. The van der Waals surface area contributed by atoms with Gasteiger partial charge in [0.2, 0.25) is 5.95 Å². The number of benzene rings is 1. The molecule has 4 rings (SSSR count). The summed E-state index contributed by atoms with van der Waals surface area (Å²) >= 11 is 12.6. The van der Waals surface area contributed by atoms with Crippen LogP contribution in [0.1, 0.15) is 5.56 Å². The van der Waals surface area contributed by atoms with Crippen LogP contribution in [-0.4, -0.2) is 45.1 Å². The number of imidazole rings is 1. The molecule has 8 nitrogen and oxygen atoms in total. The third-order valence-electron chi connectivity index (χ3n) is 4.70. The van der Waals surface area contributed by atoms with Crippen molar-refractivity contribution in [3.05, 3.63) is 70.7 Å². The smallest absolute Gasteiger partial charge is 0.225 e. The van der Waals surface area contributed by atoms with Crippen molar-refractivity contribution in [3.63, 3.8) is 0 Å². The standard InChI is InChI=1S/C22H18Cl2N8/c1-32(9-8-26-19-5-2-14(11-25)12-29-19)22-30-13-17(21-27-6-7-28-21)20(31-22)16-4-3-15(23)10-18(16)24/h2-7,10,12-13H,8-9H2,1H3,(H,26,29)(H,27,28). The second-order valence-electron chi connectivity index (χ2n) is 6.89. The molecular formula is C22H18Cl2N8. The minimum atomic E-state index is 0.492. The van der Waals surface area contributed by atoms with Gasteiger partial charge in [0.15, 0.2) is 0 Å². The predicted octanol–water partition coefficient (Wildman–Crippen LogP) is 4.66. The number of pyridine rings is 1. The Hall–Kier alpha value is -3.67. The number of H-pyrrole nitrogens is 1. The van der Waals surface area contributed by atoms with Crippen LogP contribution in [0.3, 0.4) is 0 Å². The summed E-state index contributed by atoms with van der Waals surface area (Å²) in [5.41, 5.74) is 2.64. The molecular weight excluding hydrogens is 447 g/mol. The van der Waals surface area contributed by atoms with Crippen LogP contribution >= 0.6 is 23.2 Å². The minimum Gasteiger partial charge on any atom is -0.368 e. The van der Waals surface area contributed by atoms with E-state index in [4.69, 9.17) is 33.4 Å². The molecule has 3 heterocycles. The average Bonchev–Trinajstić information content (AvgIpc) is 3.34. The Bertz CT molecular complexity index is 1250. The summed E-state index contributed by atoms with van der Waals surface area (Å²) in [4.78, 5) is 22.9. The van der Waals surface area contributed by atoms with Crippen molar-refractivity contribution in [3.8, 4) is 28.7 Å². The molecule has 32 heavy (non-hydrogen) atoms. The van der Waals surface area contributed by atoms with Gasteiger partial charge < -0.3 is 15.2 Å². The molecule has 0 saturated carbocycles. The lowest BCUT2D eigenvalue weighted by atomic mass is 10.1. The largest absolute Gasteiger partial charge is 0.368 e. The number of nitriles is 1. The summed E-state index contributed by atoms with van der Waals surface area (Å²) in [5.74, 6) is 1.88. The van der Waals surface area contributed by atoms with Gasteiger partial charge in [-0.3, -0.25) is 0 Å². The van der Waals surface area contributed by atoms with Gasteiger partial charge in [-0.15, -0.1) is 0 Å². The molecule has 0 bridgehead atoms. The second kappa shape index (κ2) is 9.64. The number of halogens is 2. The normalized spacial score (nSPS) is 10.6. The lowest BCUT2D eigenvalue weighted by Crippen LogP contribution is -2.26. The fraction of sp³-hybridized carbons (Fsp3) is 0.136. The van der Waals surface area contributed by atoms with Gasteiger partial charge in [0.05, 0.1) is 21.8 Å². The molecule has 0 saturated heterocycles. The van der Waals surface area contributed by atoms with Gasteiger partial charge in [-0.05, 0) is 30.3 Å². The number of hydrogen-bond donors (Lipinski definition) is 2. The van der Waals surface area contributed by atoms with Crippen LogP contribution in [0.2, 0.25) is 10.0 Å². The molecule has 1 aromatic carbocycles. The fourth-order valence-corrected chi connectivity index (χ4v) is 3.54. The number of aromatic amines is 1. The molecule has 0 unspecified atom stereocenters. The maximum Gasteiger partial charge on any atom is 0.225 e. The first-order chi connectivity index (χ1) is 15.5. The van der Waals surface area contributed by atoms with Gasteiger partial charge in [-0.1, -0.05) is 23.2 Å². The van der Waals surface area contributed by atoms with Gasteiger partial charge in [0.25, 0.3) is 0 Å². The molecule has 0 atom stereocenters. The van der Waals surface area contributed by atoms with E-state index in [-0.39, 0.29) is 0 Å². The van der Waals surface area contributed by atoms with E-state index >= 15 is 0 Å². The molecule has 2 N–H and O–H groups in total. The Kier molecular flexibility index (Phi) is 6.50. The summed E-state index contributed by atoms with van der Waals surface area (Å²) in [6.45, 7) is 1.23. The molecule has 0 amide bonds. The SMILES string of the molecule is CN(CCNc1ccc(C#N)cn1)c1ncc(-c2ncc[nH]2)c(-c2ccc(Cl)cc2Cl)n1. The van der Waals surface area contributed by atoms with Crippen LogP contribution in [0.15, 0.2) is 55.1 Å². The first-order valence-electron chi connectivity index (χ1n) is 9.68. The highest BCUT2D eigenvalue weighted by Crippen LogP contribution is 2.35. The van der Waals surface area contributed by atoms with Gasteiger partial charge in [-0.25, -0.2) is 19.9 Å². The van der Waals surface area contributed by atoms with E-state index in [1.54, 1.807) is 42.9 Å². The van der Waals surface area contributed by atoms with Gasteiger partial charge in [0, 0.05) is 55.5 Å². The first kappa shape index (κ1) is 21.6. The van der Waals surface area contributed by atoms with Crippen LogP contribution in [-0.2, 0) is 0 Å². The topological polar surface area (TPSA) is 106 Å². The Morgan fingerprint density at radius 3 is 2.66 bits per heavy atom. The average molecular weight is 465 g/mol. The fourth-order valence-electron chi connectivity index (χ4n) is 3.05. The maximum absolute atomic E-state index is 8.87. The van der Waals surface area contributed by atoms with Crippen LogP contribution in [0.4, 0.5) is 11.8 Å². The number of likely N-dealkylation sites (N-methyl/N-ethyl adjacent to an activating group) is 1. The Morgan fingerprint density at radius 2 is 1.97 bits per heavy atom. The highest BCUT2D eigenvalue weighted by molar-refractivity contribution is 6.36. The molecule has 3 aromatic heterocycles. The van der Waals surface area contributed by atoms with Crippen molar-refractivity contribution in [2.45, 2.75) is 0 Å². The van der Waals surface area contributed by atoms with E-state index in [0.29, 0.717) is 52.0 Å². The van der Waals surface area contributed by atoms with E-state index in [1.165, 1.54) is 6.20 Å². The highest BCUT2D eigenvalue weighted by atomic mass is 35.5. The van der Waals surface area contributed by atoms with Gasteiger partial charge in [-0.2, -0.15) is 5.26 Å². The van der Waals surface area contributed by atoms with Crippen molar-refractivity contribution in [2.24, 2.45) is 0 Å². The quantitative estimate of drug-likeness (QED) is 0.409. The number of nitrogens with one attached hydrogen (secondary N) is 2. The van der Waals surface area contributed by atoms with Crippen LogP contribution < -0.4 is 10.2 Å². The van der Waals surface area contributed by atoms with Crippen molar-refractivity contribution in [1.82, 2.24) is 24.9 Å². The van der Waals surface area contributed by atoms with E-state index in [2.05, 4.69) is 31.3 Å². The third kappa shape index (κ3) is 4.80. The first-order valence-corrected chi connectivity index (χ1v) is 10.4. The monoisotopic (exact) mass is 464 g/mol. The zero-order valence-corrected chi connectivity index (χ0v) is 18.6. The Morgan fingerprint density at radius 1 is 1.09 bits per heavy atom. The molecule has 0 fully saturated rings. The van der Waals surface area contributed by atoms with Crippen molar-refractivity contribution < 1.29 is 0 Å². The molecule has 0 aliphatic rings. The number of nitrogens with zero attached hydrogens (tertiary/aromatic N) is 6. The summed E-state index contributed by atoms with van der Waals surface area (Å²) in [5, 5.41) is 13.1. The lowest BCUT2D eigenvalue weighted by molar-refractivity contribution is 0.865. The molecule has 0 aliphatic carbocycles. The maximum atomic E-state index is 8.87. The Labute approximate surface area is 194 Å². The van der Waals surface area contributed by atoms with E-state index < -0.39 is 0 Å². The van der Waals surface area contributed by atoms with Gasteiger partial charge >= 0.3 is 0 Å². The Balaban J connectivity index is 1.56. The predicted molar refractivity (Wildman–Crippen MR) is 126 cm³/mol. The third-order valence-corrected chi connectivity index (χ3v) is 5.25. The summed E-state index contributed by atoms with van der Waals surface area (Å²) in [7, 11) is 1.91. The van der Waals surface area contributed by atoms with Crippen LogP contribution in [0, 0.1) is 11.3 Å². The highest BCUT2D eigenvalue weighted by Gasteiger charge is 2.17. The van der Waals surface area contributed by atoms with Crippen LogP contribution in [0.25, 0.3) is 22.6 Å². The lowest BCUT2D eigenvalue weighted by Gasteiger charge is -2.19. The number of hydrogen-bond acceptors (Lipinski definition) is 7. The molecule has 160 valence electrons. The van der Waals surface area contributed by atoms with Crippen molar-refractivity contribution in [1.29, 1.82) is 5.26 Å². The van der Waals surface area contributed by atoms with E-state index in [1.807, 2.05) is 18.0 Å². The van der Waals surface area contributed by atoms with Gasteiger partial charge in [0.1, 0.15) is 17.7 Å². The van der Waals surface area contributed by atoms with Crippen molar-refractivity contribution in [2.75, 3.05) is 30.4 Å². The van der Waals surface area contributed by atoms with E-state index in [0.717, 1.165) is 11.1 Å². The number of rotatable bonds is 7. The molecule has 10 heteroatoms. The minimum absolute atomic E-state index is 0.492. The van der Waals surface area contributed by atoms with E-state index in [9.17, 15) is 0 Å². The second-order valence-corrected chi connectivity index (χ2v) is 7.73. The molecule has 0 radical (unpaired) electrons. The summed E-state index contributed by atoms with van der Waals surface area (Å²) < 4.78 is 0. The van der Waals surface area contributed by atoms with Crippen LogP contribution in [0.5, 0.6) is 0 Å².